The maximum atomic E-state index is 13.2. The number of Topliss-reactive ketones (excluding diaryl/α,β-unsaturated/α-hetero) is 1. The van der Waals surface area contributed by atoms with Crippen LogP contribution in [0.2, 0.25) is 5.02 Å². The fraction of sp³-hybridized carbons (Fsp3) is 0.133. The second kappa shape index (κ2) is 5.19. The molecule has 0 aliphatic carbocycles. The van der Waals surface area contributed by atoms with E-state index in [1.165, 1.54) is 18.2 Å². The number of ether oxygens (including phenoxy) is 1. The lowest BCUT2D eigenvalue weighted by atomic mass is 9.96. The Balaban J connectivity index is 2.01. The Bertz CT molecular complexity index is 702. The first kappa shape index (κ1) is 13.6. The summed E-state index contributed by atoms with van der Waals surface area (Å²) in [5, 5.41) is 0.573. The van der Waals surface area contributed by atoms with E-state index in [1.54, 1.807) is 12.1 Å². The molecule has 2 nitrogen and oxygen atoms in total. The van der Waals surface area contributed by atoms with Gasteiger partial charge >= 0.3 is 0 Å². The van der Waals surface area contributed by atoms with Gasteiger partial charge in [0.15, 0.2) is 5.78 Å². The highest BCUT2D eigenvalue weighted by Gasteiger charge is 2.29. The molecule has 0 fully saturated rings. The van der Waals surface area contributed by atoms with E-state index in [0.717, 1.165) is 10.0 Å². The summed E-state index contributed by atoms with van der Waals surface area (Å²) in [6.07, 6.45) is -0.261. The van der Waals surface area contributed by atoms with Gasteiger partial charge in [-0.05, 0) is 36.4 Å². The quantitative estimate of drug-likeness (QED) is 0.723. The molecule has 0 amide bonds. The number of halogens is 3. The molecule has 0 spiro atoms. The Kier molecular flexibility index (Phi) is 3.52. The Hall–Kier alpha value is -1.39. The molecule has 2 aromatic carbocycles. The third kappa shape index (κ3) is 2.45. The highest BCUT2D eigenvalue weighted by molar-refractivity contribution is 9.10. The van der Waals surface area contributed by atoms with Gasteiger partial charge < -0.3 is 4.74 Å². The molecule has 0 N–H and O–H groups in total. The topological polar surface area (TPSA) is 26.3 Å². The molecule has 0 saturated carbocycles. The minimum atomic E-state index is -0.442. The van der Waals surface area contributed by atoms with Crippen LogP contribution in [-0.2, 0) is 0 Å². The van der Waals surface area contributed by atoms with E-state index in [-0.39, 0.29) is 12.2 Å². The van der Waals surface area contributed by atoms with Crippen LogP contribution in [0.25, 0.3) is 0 Å². The number of carbonyl (C=O) groups excluding carboxylic acids is 1. The lowest BCUT2D eigenvalue weighted by Gasteiger charge is -2.26. The molecule has 0 radical (unpaired) electrons. The van der Waals surface area contributed by atoms with Crippen LogP contribution in [0.3, 0.4) is 0 Å². The van der Waals surface area contributed by atoms with Crippen molar-refractivity contribution in [3.05, 3.63) is 62.8 Å². The maximum Gasteiger partial charge on any atom is 0.170 e. The van der Waals surface area contributed by atoms with E-state index in [0.29, 0.717) is 16.3 Å². The molecule has 0 aromatic heterocycles. The minimum Gasteiger partial charge on any atom is -0.484 e. The Morgan fingerprint density at radius 3 is 2.85 bits per heavy atom. The molecule has 102 valence electrons. The molecule has 2 aromatic rings. The lowest BCUT2D eigenvalue weighted by Crippen LogP contribution is -2.20. The first-order valence-corrected chi connectivity index (χ1v) is 7.16. The Morgan fingerprint density at radius 2 is 2.05 bits per heavy atom. The van der Waals surface area contributed by atoms with Crippen molar-refractivity contribution in [2.24, 2.45) is 0 Å². The average molecular weight is 356 g/mol. The van der Waals surface area contributed by atoms with Gasteiger partial charge in [-0.2, -0.15) is 0 Å². The van der Waals surface area contributed by atoms with Gasteiger partial charge in [0.1, 0.15) is 17.7 Å². The normalized spacial score (nSPS) is 17.6. The van der Waals surface area contributed by atoms with Crippen molar-refractivity contribution in [2.45, 2.75) is 12.5 Å². The van der Waals surface area contributed by atoms with E-state index in [9.17, 15) is 9.18 Å². The van der Waals surface area contributed by atoms with Crippen molar-refractivity contribution in [3.8, 4) is 5.75 Å². The third-order valence-electron chi connectivity index (χ3n) is 3.19. The fourth-order valence-corrected chi connectivity index (χ4v) is 2.91. The third-order valence-corrected chi connectivity index (χ3v) is 4.14. The molecular weight excluding hydrogens is 347 g/mol. The zero-order valence-electron chi connectivity index (χ0n) is 10.2. The van der Waals surface area contributed by atoms with Crippen LogP contribution in [0.4, 0.5) is 4.39 Å². The smallest absolute Gasteiger partial charge is 0.170 e. The first-order chi connectivity index (χ1) is 9.54. The maximum absolute atomic E-state index is 13.2. The summed E-state index contributed by atoms with van der Waals surface area (Å²) in [5.74, 6) is -0.176. The second-order valence-electron chi connectivity index (χ2n) is 4.54. The largest absolute Gasteiger partial charge is 0.484 e. The van der Waals surface area contributed by atoms with Gasteiger partial charge in [0.2, 0.25) is 0 Å². The minimum absolute atomic E-state index is 0.136. The van der Waals surface area contributed by atoms with Crippen LogP contribution in [0.15, 0.2) is 40.9 Å². The molecule has 5 heteroatoms. The summed E-state index contributed by atoms with van der Waals surface area (Å²) in [4.78, 5) is 12.1. The highest BCUT2D eigenvalue weighted by Crippen LogP contribution is 2.38. The van der Waals surface area contributed by atoms with Gasteiger partial charge in [0, 0.05) is 15.1 Å². The molecule has 3 rings (SSSR count). The van der Waals surface area contributed by atoms with Crippen molar-refractivity contribution in [2.75, 3.05) is 0 Å². The van der Waals surface area contributed by atoms with Gasteiger partial charge in [-0.25, -0.2) is 4.39 Å². The number of ketones is 1. The van der Waals surface area contributed by atoms with Crippen molar-refractivity contribution in [3.63, 3.8) is 0 Å². The van der Waals surface area contributed by atoms with E-state index >= 15 is 0 Å². The first-order valence-electron chi connectivity index (χ1n) is 5.99. The summed E-state index contributed by atoms with van der Waals surface area (Å²) < 4.78 is 19.8. The van der Waals surface area contributed by atoms with Crippen molar-refractivity contribution in [1.82, 2.24) is 0 Å². The molecule has 20 heavy (non-hydrogen) atoms. The number of fused-ring (bicyclic) bond motifs is 1. The van der Waals surface area contributed by atoms with E-state index in [1.807, 2.05) is 6.07 Å². The van der Waals surface area contributed by atoms with E-state index in [2.05, 4.69) is 15.9 Å². The number of hydrogen-bond acceptors (Lipinski definition) is 2. The zero-order chi connectivity index (χ0) is 14.3. The molecule has 0 saturated heterocycles. The van der Waals surface area contributed by atoms with Crippen LogP contribution in [0.5, 0.6) is 5.75 Å². The molecule has 1 aliphatic heterocycles. The van der Waals surface area contributed by atoms with Gasteiger partial charge in [-0.1, -0.05) is 27.5 Å². The summed E-state index contributed by atoms with van der Waals surface area (Å²) in [5.41, 5.74) is 1.10. The van der Waals surface area contributed by atoms with Crippen molar-refractivity contribution in [1.29, 1.82) is 0 Å². The van der Waals surface area contributed by atoms with Crippen molar-refractivity contribution >= 4 is 33.3 Å². The zero-order valence-corrected chi connectivity index (χ0v) is 12.5. The number of rotatable bonds is 1. The SMILES string of the molecule is O=C1CC(c2cc(Cl)ccc2Br)Oc2ccc(F)cc21. The molecule has 1 atom stereocenters. The number of benzene rings is 2. The molecular formula is C15H9BrClFO2. The summed E-state index contributed by atoms with van der Waals surface area (Å²) in [7, 11) is 0. The van der Waals surface area contributed by atoms with Gasteiger partial charge in [0.25, 0.3) is 0 Å². The van der Waals surface area contributed by atoms with Gasteiger partial charge in [-0.3, -0.25) is 4.79 Å². The summed E-state index contributed by atoms with van der Waals surface area (Å²) in [6.45, 7) is 0. The van der Waals surface area contributed by atoms with Crippen LogP contribution in [-0.4, -0.2) is 5.78 Å². The van der Waals surface area contributed by atoms with Crippen LogP contribution in [0, 0.1) is 5.82 Å². The molecule has 1 aliphatic rings. The standard InChI is InChI=1S/C15H9BrClFO2/c16-12-3-1-8(17)5-10(12)15-7-13(19)11-6-9(18)2-4-14(11)20-15/h1-6,15H,7H2. The number of carbonyl (C=O) groups is 1. The Morgan fingerprint density at radius 1 is 1.25 bits per heavy atom. The van der Waals surface area contributed by atoms with Crippen LogP contribution in [0.1, 0.15) is 28.4 Å². The Labute approximate surface area is 128 Å². The van der Waals surface area contributed by atoms with Crippen LogP contribution < -0.4 is 4.74 Å². The monoisotopic (exact) mass is 354 g/mol. The second-order valence-corrected chi connectivity index (χ2v) is 5.83. The predicted molar refractivity (Wildman–Crippen MR) is 77.9 cm³/mol. The highest BCUT2D eigenvalue weighted by atomic mass is 79.9. The fourth-order valence-electron chi connectivity index (χ4n) is 2.23. The average Bonchev–Trinajstić information content (AvgIpc) is 2.42. The predicted octanol–water partition coefficient (Wildman–Crippen LogP) is 4.95. The molecule has 1 unspecified atom stereocenters. The van der Waals surface area contributed by atoms with Crippen LogP contribution >= 0.6 is 27.5 Å². The van der Waals surface area contributed by atoms with Gasteiger partial charge in [0.05, 0.1) is 12.0 Å². The summed E-state index contributed by atoms with van der Waals surface area (Å²) in [6, 6.07) is 9.29. The van der Waals surface area contributed by atoms with E-state index < -0.39 is 11.9 Å². The summed E-state index contributed by atoms with van der Waals surface area (Å²) >= 11 is 9.41. The number of hydrogen-bond donors (Lipinski definition) is 0. The molecule has 1 heterocycles. The van der Waals surface area contributed by atoms with Crippen molar-refractivity contribution < 1.29 is 13.9 Å². The van der Waals surface area contributed by atoms with Gasteiger partial charge in [-0.15, -0.1) is 0 Å². The van der Waals surface area contributed by atoms with E-state index in [4.69, 9.17) is 16.3 Å². The lowest BCUT2D eigenvalue weighted by molar-refractivity contribution is 0.0848. The molecule has 0 bridgehead atoms.